The van der Waals surface area contributed by atoms with E-state index in [0.29, 0.717) is 0 Å². The summed E-state index contributed by atoms with van der Waals surface area (Å²) in [5, 5.41) is 1.43. The number of rotatable bonds is 3. The maximum atomic E-state index is 12.5. The van der Waals surface area contributed by atoms with Crippen molar-refractivity contribution in [1.29, 1.82) is 0 Å². The molecule has 1 N–H and O–H groups in total. The maximum absolute atomic E-state index is 12.5. The second-order valence-electron chi connectivity index (χ2n) is 3.11. The fourth-order valence-electron chi connectivity index (χ4n) is 0.999. The molecule has 0 aliphatic carbocycles. The van der Waals surface area contributed by atoms with Crippen LogP contribution in [0, 0.1) is 5.82 Å². The summed E-state index contributed by atoms with van der Waals surface area (Å²) in [6.45, 7) is -0.788. The number of hydrogen-bond acceptors (Lipinski definition) is 2. The fraction of sp³-hybridized carbons (Fsp3) is 0.200. The number of Topliss-reactive ketones (excluding diaryl/α,β-unsaturated/α-hetero) is 1. The van der Waals surface area contributed by atoms with Crippen LogP contribution in [0.3, 0.4) is 0 Å². The maximum Gasteiger partial charge on any atom is 0.471 e. The van der Waals surface area contributed by atoms with E-state index in [1.807, 2.05) is 0 Å². The van der Waals surface area contributed by atoms with Crippen molar-refractivity contribution < 1.29 is 27.2 Å². The summed E-state index contributed by atoms with van der Waals surface area (Å²) >= 11 is 0. The minimum atomic E-state index is -5.02. The highest BCUT2D eigenvalue weighted by Gasteiger charge is 2.38. The molecule has 1 aromatic rings. The second kappa shape index (κ2) is 4.94. The van der Waals surface area contributed by atoms with E-state index < -0.39 is 30.2 Å². The number of benzene rings is 1. The molecule has 0 heterocycles. The van der Waals surface area contributed by atoms with Gasteiger partial charge in [-0.25, -0.2) is 4.39 Å². The molecule has 1 aromatic carbocycles. The third-order valence-corrected chi connectivity index (χ3v) is 1.83. The molecule has 0 radical (unpaired) electrons. The molecule has 1 amide bonds. The third-order valence-electron chi connectivity index (χ3n) is 1.83. The third kappa shape index (κ3) is 3.86. The van der Waals surface area contributed by atoms with E-state index >= 15 is 0 Å². The Balaban J connectivity index is 2.56. The van der Waals surface area contributed by atoms with Crippen LogP contribution in [0.15, 0.2) is 24.3 Å². The summed E-state index contributed by atoms with van der Waals surface area (Å²) in [4.78, 5) is 21.7. The topological polar surface area (TPSA) is 46.2 Å². The summed E-state index contributed by atoms with van der Waals surface area (Å²) in [7, 11) is 0. The Labute approximate surface area is 93.4 Å². The molecule has 0 aliphatic rings. The lowest BCUT2D eigenvalue weighted by molar-refractivity contribution is -0.173. The predicted octanol–water partition coefficient (Wildman–Crippen LogP) is 1.69. The minimum Gasteiger partial charge on any atom is -0.341 e. The standard InChI is InChI=1S/C10H7F4NO2/c11-7-3-1-6(2-4-7)8(16)5-15-9(17)10(12,13)14/h1-4H,5H2,(H,15,17). The van der Waals surface area contributed by atoms with Gasteiger partial charge in [-0.3, -0.25) is 9.59 Å². The highest BCUT2D eigenvalue weighted by atomic mass is 19.4. The number of halogens is 4. The van der Waals surface area contributed by atoms with Crippen LogP contribution >= 0.6 is 0 Å². The Morgan fingerprint density at radius 3 is 2.12 bits per heavy atom. The van der Waals surface area contributed by atoms with E-state index in [-0.39, 0.29) is 5.56 Å². The van der Waals surface area contributed by atoms with Crippen molar-refractivity contribution in [1.82, 2.24) is 5.32 Å². The van der Waals surface area contributed by atoms with Crippen LogP contribution < -0.4 is 5.32 Å². The van der Waals surface area contributed by atoms with Gasteiger partial charge >= 0.3 is 12.1 Å². The molecule has 0 unspecified atom stereocenters. The van der Waals surface area contributed by atoms with Gasteiger partial charge in [0.15, 0.2) is 5.78 Å². The van der Waals surface area contributed by atoms with Crippen molar-refractivity contribution in [3.8, 4) is 0 Å². The van der Waals surface area contributed by atoms with E-state index in [1.54, 1.807) is 0 Å². The van der Waals surface area contributed by atoms with Crippen LogP contribution in [0.2, 0.25) is 0 Å². The fourth-order valence-corrected chi connectivity index (χ4v) is 0.999. The Hall–Kier alpha value is -1.92. The molecule has 0 saturated carbocycles. The predicted molar refractivity (Wildman–Crippen MR) is 49.8 cm³/mol. The molecule has 0 fully saturated rings. The van der Waals surface area contributed by atoms with Crippen LogP contribution in [0.5, 0.6) is 0 Å². The number of alkyl halides is 3. The second-order valence-corrected chi connectivity index (χ2v) is 3.11. The minimum absolute atomic E-state index is 0.0221. The normalized spacial score (nSPS) is 11.1. The Morgan fingerprint density at radius 1 is 1.12 bits per heavy atom. The highest BCUT2D eigenvalue weighted by Crippen LogP contribution is 2.14. The molecule has 0 aliphatic heterocycles. The van der Waals surface area contributed by atoms with Crippen molar-refractivity contribution in [2.45, 2.75) is 6.18 Å². The number of ketones is 1. The number of carbonyl (C=O) groups is 2. The van der Waals surface area contributed by atoms with Gasteiger partial charge in [0, 0.05) is 5.56 Å². The van der Waals surface area contributed by atoms with Crippen molar-refractivity contribution >= 4 is 11.7 Å². The van der Waals surface area contributed by atoms with Crippen LogP contribution in [0.25, 0.3) is 0 Å². The molecule has 3 nitrogen and oxygen atoms in total. The van der Waals surface area contributed by atoms with Crippen molar-refractivity contribution in [2.24, 2.45) is 0 Å². The Bertz CT molecular complexity index is 425. The quantitative estimate of drug-likeness (QED) is 0.654. The first-order chi connectivity index (χ1) is 7.80. The van der Waals surface area contributed by atoms with Gasteiger partial charge in [-0.2, -0.15) is 13.2 Å². The lowest BCUT2D eigenvalue weighted by atomic mass is 10.1. The van der Waals surface area contributed by atoms with Gasteiger partial charge in [0.2, 0.25) is 0 Å². The number of carbonyl (C=O) groups excluding carboxylic acids is 2. The molecule has 0 saturated heterocycles. The monoisotopic (exact) mass is 249 g/mol. The molecule has 7 heteroatoms. The molecule has 92 valence electrons. The van der Waals surface area contributed by atoms with Crippen LogP contribution in [-0.4, -0.2) is 24.4 Å². The average molecular weight is 249 g/mol. The van der Waals surface area contributed by atoms with E-state index in [4.69, 9.17) is 0 Å². The molecule has 1 rings (SSSR count). The molecule has 0 bridgehead atoms. The van der Waals surface area contributed by atoms with Crippen LogP contribution in [0.4, 0.5) is 17.6 Å². The SMILES string of the molecule is O=C(CNC(=O)C(F)(F)F)c1ccc(F)cc1. The van der Waals surface area contributed by atoms with Gasteiger partial charge in [0.1, 0.15) is 5.82 Å². The molecule has 0 atom stereocenters. The summed E-state index contributed by atoms with van der Waals surface area (Å²) in [5.41, 5.74) is 0.0221. The van der Waals surface area contributed by atoms with Crippen molar-refractivity contribution in [3.05, 3.63) is 35.6 Å². The summed E-state index contributed by atoms with van der Waals surface area (Å²) in [6, 6.07) is 4.24. The summed E-state index contributed by atoms with van der Waals surface area (Å²) < 4.78 is 47.8. The smallest absolute Gasteiger partial charge is 0.341 e. The van der Waals surface area contributed by atoms with Crippen molar-refractivity contribution in [2.75, 3.05) is 6.54 Å². The lowest BCUT2D eigenvalue weighted by Crippen LogP contribution is -2.39. The number of hydrogen-bond donors (Lipinski definition) is 1. The highest BCUT2D eigenvalue weighted by molar-refractivity contribution is 5.99. The molecule has 0 spiro atoms. The first kappa shape index (κ1) is 13.1. The zero-order valence-electron chi connectivity index (χ0n) is 8.34. The largest absolute Gasteiger partial charge is 0.471 e. The summed E-state index contributed by atoms with van der Waals surface area (Å²) in [5.74, 6) is -3.49. The van der Waals surface area contributed by atoms with Gasteiger partial charge in [-0.1, -0.05) is 0 Å². The number of amides is 1. The zero-order valence-corrected chi connectivity index (χ0v) is 8.34. The molecular formula is C10H7F4NO2. The van der Waals surface area contributed by atoms with E-state index in [9.17, 15) is 27.2 Å². The number of nitrogens with one attached hydrogen (secondary N) is 1. The summed E-state index contributed by atoms with van der Waals surface area (Å²) in [6.07, 6.45) is -5.02. The first-order valence-corrected chi connectivity index (χ1v) is 4.44. The molecule has 17 heavy (non-hydrogen) atoms. The molecule has 0 aromatic heterocycles. The van der Waals surface area contributed by atoms with E-state index in [0.717, 1.165) is 24.3 Å². The van der Waals surface area contributed by atoms with Crippen molar-refractivity contribution in [3.63, 3.8) is 0 Å². The van der Waals surface area contributed by atoms with E-state index in [2.05, 4.69) is 0 Å². The molecular weight excluding hydrogens is 242 g/mol. The Kier molecular flexibility index (Phi) is 3.82. The van der Waals surface area contributed by atoms with Gasteiger partial charge in [-0.15, -0.1) is 0 Å². The van der Waals surface area contributed by atoms with Gasteiger partial charge < -0.3 is 5.32 Å². The first-order valence-electron chi connectivity index (χ1n) is 4.44. The van der Waals surface area contributed by atoms with Crippen LogP contribution in [-0.2, 0) is 4.79 Å². The van der Waals surface area contributed by atoms with Gasteiger partial charge in [0.05, 0.1) is 6.54 Å². The van der Waals surface area contributed by atoms with Gasteiger partial charge in [-0.05, 0) is 24.3 Å². The Morgan fingerprint density at radius 2 is 1.65 bits per heavy atom. The van der Waals surface area contributed by atoms with Crippen LogP contribution in [0.1, 0.15) is 10.4 Å². The van der Waals surface area contributed by atoms with E-state index in [1.165, 1.54) is 5.32 Å². The van der Waals surface area contributed by atoms with Gasteiger partial charge in [0.25, 0.3) is 0 Å². The average Bonchev–Trinajstić information content (AvgIpc) is 2.25. The lowest BCUT2D eigenvalue weighted by Gasteiger charge is -2.07. The zero-order chi connectivity index (χ0) is 13.1.